The molecule has 128 valence electrons. The number of hydrogen-bond acceptors (Lipinski definition) is 5. The van der Waals surface area contributed by atoms with Crippen LogP contribution in [0.15, 0.2) is 30.3 Å². The van der Waals surface area contributed by atoms with E-state index in [0.717, 1.165) is 31.9 Å². The first kappa shape index (κ1) is 17.7. The molecule has 1 aliphatic heterocycles. The van der Waals surface area contributed by atoms with Crippen LogP contribution in [0.1, 0.15) is 0 Å². The van der Waals surface area contributed by atoms with Crippen molar-refractivity contribution in [2.75, 3.05) is 60.0 Å². The van der Waals surface area contributed by atoms with Gasteiger partial charge in [-0.25, -0.2) is 0 Å². The van der Waals surface area contributed by atoms with E-state index in [9.17, 15) is 9.90 Å². The number of likely N-dealkylation sites (N-methyl/N-ethyl adjacent to an activating group) is 1. The van der Waals surface area contributed by atoms with Crippen LogP contribution in [-0.4, -0.2) is 91.8 Å². The van der Waals surface area contributed by atoms with Crippen molar-refractivity contribution in [2.24, 2.45) is 0 Å². The summed E-state index contributed by atoms with van der Waals surface area (Å²) in [4.78, 5) is 18.0. The molecule has 6 nitrogen and oxygen atoms in total. The van der Waals surface area contributed by atoms with E-state index >= 15 is 0 Å². The zero-order valence-electron chi connectivity index (χ0n) is 14.0. The predicted molar refractivity (Wildman–Crippen MR) is 89.5 cm³/mol. The minimum absolute atomic E-state index is 0.169. The Morgan fingerprint density at radius 3 is 2.48 bits per heavy atom. The van der Waals surface area contributed by atoms with Gasteiger partial charge in [-0.2, -0.15) is 0 Å². The zero-order chi connectivity index (χ0) is 16.7. The summed E-state index contributed by atoms with van der Waals surface area (Å²) in [7, 11) is 3.80. The maximum atomic E-state index is 12.0. The summed E-state index contributed by atoms with van der Waals surface area (Å²) in [5, 5.41) is 10.1. The molecule has 0 bridgehead atoms. The summed E-state index contributed by atoms with van der Waals surface area (Å²) in [5.41, 5.74) is 0. The highest BCUT2D eigenvalue weighted by molar-refractivity contribution is 5.78. The average molecular weight is 321 g/mol. The van der Waals surface area contributed by atoms with Gasteiger partial charge in [0.1, 0.15) is 18.5 Å². The summed E-state index contributed by atoms with van der Waals surface area (Å²) in [5.74, 6) is 0.938. The molecule has 2 rings (SSSR count). The first-order valence-electron chi connectivity index (χ1n) is 8.05. The number of ether oxygens (including phenoxy) is 1. The SMILES string of the molecule is CN(C)CC(=O)N1CCN(CC(O)COc2ccccc2)CC1. The Balaban J connectivity index is 1.66. The Labute approximate surface area is 138 Å². The Morgan fingerprint density at radius 2 is 1.87 bits per heavy atom. The van der Waals surface area contributed by atoms with Crippen LogP contribution in [0, 0.1) is 0 Å². The number of aliphatic hydroxyl groups is 1. The van der Waals surface area contributed by atoms with E-state index in [1.54, 1.807) is 0 Å². The van der Waals surface area contributed by atoms with E-state index in [2.05, 4.69) is 4.90 Å². The van der Waals surface area contributed by atoms with Gasteiger partial charge in [0.25, 0.3) is 0 Å². The number of carbonyl (C=O) groups excluding carboxylic acids is 1. The molecule has 1 aromatic rings. The number of benzene rings is 1. The quantitative estimate of drug-likeness (QED) is 0.774. The number of carbonyl (C=O) groups is 1. The fourth-order valence-electron chi connectivity index (χ4n) is 2.61. The molecule has 0 aliphatic carbocycles. The smallest absolute Gasteiger partial charge is 0.236 e. The molecule has 6 heteroatoms. The highest BCUT2D eigenvalue weighted by Gasteiger charge is 2.22. The second-order valence-corrected chi connectivity index (χ2v) is 6.20. The lowest BCUT2D eigenvalue weighted by Gasteiger charge is -2.36. The van der Waals surface area contributed by atoms with Gasteiger partial charge < -0.3 is 19.6 Å². The second kappa shape index (κ2) is 8.86. The van der Waals surface area contributed by atoms with Crippen LogP contribution in [0.3, 0.4) is 0 Å². The van der Waals surface area contributed by atoms with Gasteiger partial charge in [0.15, 0.2) is 0 Å². The fraction of sp³-hybridized carbons (Fsp3) is 0.588. The second-order valence-electron chi connectivity index (χ2n) is 6.20. The van der Waals surface area contributed by atoms with Gasteiger partial charge in [-0.1, -0.05) is 18.2 Å². The first-order valence-corrected chi connectivity index (χ1v) is 8.05. The lowest BCUT2D eigenvalue weighted by Crippen LogP contribution is -2.52. The number of rotatable bonds is 7. The van der Waals surface area contributed by atoms with E-state index in [1.165, 1.54) is 0 Å². The van der Waals surface area contributed by atoms with Crippen molar-refractivity contribution in [3.63, 3.8) is 0 Å². The highest BCUT2D eigenvalue weighted by Crippen LogP contribution is 2.09. The number of aliphatic hydroxyl groups excluding tert-OH is 1. The van der Waals surface area contributed by atoms with Crippen LogP contribution in [0.5, 0.6) is 5.75 Å². The summed E-state index contributed by atoms with van der Waals surface area (Å²) in [6.45, 7) is 4.33. The van der Waals surface area contributed by atoms with Crippen LogP contribution in [0.25, 0.3) is 0 Å². The standard InChI is InChI=1S/C17H27N3O3/c1-18(2)13-17(22)20-10-8-19(9-11-20)12-15(21)14-23-16-6-4-3-5-7-16/h3-7,15,21H,8-14H2,1-2H3. The van der Waals surface area contributed by atoms with Crippen molar-refractivity contribution < 1.29 is 14.6 Å². The number of para-hydroxylation sites is 1. The van der Waals surface area contributed by atoms with Crippen molar-refractivity contribution in [1.82, 2.24) is 14.7 Å². The highest BCUT2D eigenvalue weighted by atomic mass is 16.5. The monoisotopic (exact) mass is 321 g/mol. The third kappa shape index (κ3) is 6.17. The molecule has 1 aromatic carbocycles. The van der Waals surface area contributed by atoms with Crippen molar-refractivity contribution in [2.45, 2.75) is 6.10 Å². The van der Waals surface area contributed by atoms with E-state index in [4.69, 9.17) is 4.74 Å². The van der Waals surface area contributed by atoms with Gasteiger partial charge in [0.2, 0.25) is 5.91 Å². The summed E-state index contributed by atoms with van der Waals surface area (Å²) in [6.07, 6.45) is -0.528. The van der Waals surface area contributed by atoms with Gasteiger partial charge in [-0.3, -0.25) is 9.69 Å². The molecule has 1 atom stereocenters. The topological polar surface area (TPSA) is 56.3 Å². The predicted octanol–water partition coefficient (Wildman–Crippen LogP) is 0.132. The minimum Gasteiger partial charge on any atom is -0.491 e. The molecular formula is C17H27N3O3. The van der Waals surface area contributed by atoms with E-state index in [-0.39, 0.29) is 12.5 Å². The summed E-state index contributed by atoms with van der Waals surface area (Å²) < 4.78 is 5.57. The summed E-state index contributed by atoms with van der Waals surface area (Å²) in [6, 6.07) is 9.50. The van der Waals surface area contributed by atoms with Gasteiger partial charge in [0.05, 0.1) is 6.54 Å². The normalized spacial score (nSPS) is 17.3. The van der Waals surface area contributed by atoms with Crippen molar-refractivity contribution >= 4 is 5.91 Å². The largest absolute Gasteiger partial charge is 0.491 e. The third-order valence-electron chi connectivity index (χ3n) is 3.83. The van der Waals surface area contributed by atoms with Crippen LogP contribution in [0.4, 0.5) is 0 Å². The zero-order valence-corrected chi connectivity index (χ0v) is 14.0. The van der Waals surface area contributed by atoms with E-state index in [1.807, 2.05) is 54.2 Å². The molecule has 1 unspecified atom stereocenters. The molecular weight excluding hydrogens is 294 g/mol. The molecule has 0 saturated carbocycles. The molecule has 0 spiro atoms. The molecule has 0 radical (unpaired) electrons. The average Bonchev–Trinajstić information content (AvgIpc) is 2.54. The maximum Gasteiger partial charge on any atom is 0.236 e. The fourth-order valence-corrected chi connectivity index (χ4v) is 2.61. The number of nitrogens with zero attached hydrogens (tertiary/aromatic N) is 3. The molecule has 1 N–H and O–H groups in total. The minimum atomic E-state index is -0.528. The molecule has 1 heterocycles. The van der Waals surface area contributed by atoms with Gasteiger partial charge in [0, 0.05) is 32.7 Å². The van der Waals surface area contributed by atoms with E-state index < -0.39 is 6.10 Å². The van der Waals surface area contributed by atoms with Crippen molar-refractivity contribution in [3.05, 3.63) is 30.3 Å². The molecule has 1 saturated heterocycles. The van der Waals surface area contributed by atoms with Crippen molar-refractivity contribution in [1.29, 1.82) is 0 Å². The van der Waals surface area contributed by atoms with Gasteiger partial charge in [-0.05, 0) is 26.2 Å². The molecule has 1 fully saturated rings. The van der Waals surface area contributed by atoms with Crippen LogP contribution in [0.2, 0.25) is 0 Å². The molecule has 23 heavy (non-hydrogen) atoms. The van der Waals surface area contributed by atoms with Crippen LogP contribution < -0.4 is 4.74 Å². The lowest BCUT2D eigenvalue weighted by molar-refractivity contribution is -0.133. The Kier molecular flexibility index (Phi) is 6.83. The maximum absolute atomic E-state index is 12.0. The molecule has 0 aromatic heterocycles. The Hall–Kier alpha value is -1.63. The number of piperazine rings is 1. The van der Waals surface area contributed by atoms with E-state index in [0.29, 0.717) is 13.1 Å². The number of amides is 1. The lowest BCUT2D eigenvalue weighted by atomic mass is 10.2. The van der Waals surface area contributed by atoms with Crippen LogP contribution >= 0.6 is 0 Å². The summed E-state index contributed by atoms with van der Waals surface area (Å²) >= 11 is 0. The van der Waals surface area contributed by atoms with Gasteiger partial charge in [-0.15, -0.1) is 0 Å². The van der Waals surface area contributed by atoms with Crippen LogP contribution in [-0.2, 0) is 4.79 Å². The molecule has 1 amide bonds. The Morgan fingerprint density at radius 1 is 1.22 bits per heavy atom. The van der Waals surface area contributed by atoms with Crippen molar-refractivity contribution in [3.8, 4) is 5.75 Å². The molecule has 1 aliphatic rings. The first-order chi connectivity index (χ1) is 11.0. The number of β-amino-alcohol motifs (C(OH)–C–C–N with tert-alkyl or cyclic N) is 1. The Bertz CT molecular complexity index is 473. The number of hydrogen-bond donors (Lipinski definition) is 1. The van der Waals surface area contributed by atoms with Gasteiger partial charge >= 0.3 is 0 Å². The third-order valence-corrected chi connectivity index (χ3v) is 3.83.